The normalized spacial score (nSPS) is 16.0. The number of carbonyl (C=O) groups is 1. The third-order valence-corrected chi connectivity index (χ3v) is 5.33. The second-order valence-electron chi connectivity index (χ2n) is 7.37. The van der Waals surface area contributed by atoms with Crippen molar-refractivity contribution in [1.29, 1.82) is 0 Å². The van der Waals surface area contributed by atoms with Crippen LogP contribution in [0.1, 0.15) is 40.5 Å². The first kappa shape index (κ1) is 19.0. The summed E-state index contributed by atoms with van der Waals surface area (Å²) < 4.78 is 11.4. The second-order valence-corrected chi connectivity index (χ2v) is 7.37. The Labute approximate surface area is 170 Å². The van der Waals surface area contributed by atoms with E-state index in [-0.39, 0.29) is 18.6 Å². The fraction of sp³-hybridized carbons (Fsp3) is 0.250. The number of hydrogen-bond donors (Lipinski definition) is 0. The second kappa shape index (κ2) is 7.95. The van der Waals surface area contributed by atoms with Gasteiger partial charge >= 0.3 is 0 Å². The number of amides is 1. The molecule has 3 aromatic rings. The summed E-state index contributed by atoms with van der Waals surface area (Å²) in [6.45, 7) is 5.98. The van der Waals surface area contributed by atoms with Gasteiger partial charge in [0.05, 0.1) is 12.0 Å². The Bertz CT molecular complexity index is 1040. The summed E-state index contributed by atoms with van der Waals surface area (Å²) in [4.78, 5) is 13.0. The van der Waals surface area contributed by atoms with Crippen LogP contribution in [-0.2, 0) is 4.79 Å². The van der Waals surface area contributed by atoms with E-state index in [1.165, 1.54) is 10.6 Å². The molecule has 0 saturated heterocycles. The summed E-state index contributed by atoms with van der Waals surface area (Å²) in [5.74, 6) is 1.24. The van der Waals surface area contributed by atoms with Gasteiger partial charge in [-0.1, -0.05) is 42.0 Å². The van der Waals surface area contributed by atoms with Crippen LogP contribution in [0.15, 0.2) is 70.4 Å². The number of rotatable bonds is 5. The number of nitrogens with zero attached hydrogens (tertiary/aromatic N) is 2. The monoisotopic (exact) mass is 388 g/mol. The Balaban J connectivity index is 1.56. The Kier molecular flexibility index (Phi) is 5.21. The molecule has 29 heavy (non-hydrogen) atoms. The van der Waals surface area contributed by atoms with Crippen molar-refractivity contribution >= 4 is 11.6 Å². The van der Waals surface area contributed by atoms with Gasteiger partial charge in [-0.3, -0.25) is 4.79 Å². The van der Waals surface area contributed by atoms with E-state index in [1.54, 1.807) is 6.26 Å². The maximum absolute atomic E-state index is 13.0. The lowest BCUT2D eigenvalue weighted by Gasteiger charge is -2.20. The molecule has 0 unspecified atom stereocenters. The van der Waals surface area contributed by atoms with Crippen LogP contribution < -0.4 is 4.74 Å². The smallest absolute Gasteiger partial charge is 0.281 e. The van der Waals surface area contributed by atoms with Crippen molar-refractivity contribution in [2.75, 3.05) is 6.61 Å². The molecule has 0 bridgehead atoms. The maximum atomic E-state index is 13.0. The highest BCUT2D eigenvalue weighted by Crippen LogP contribution is 2.33. The SMILES string of the molecule is Cc1ccc(C2=NN(C(=O)COc3cccc(C)c3C)[C@@H](c3ccco3)C2)cc1. The summed E-state index contributed by atoms with van der Waals surface area (Å²) in [5.41, 5.74) is 5.23. The summed E-state index contributed by atoms with van der Waals surface area (Å²) >= 11 is 0. The van der Waals surface area contributed by atoms with Gasteiger partial charge in [0, 0.05) is 6.42 Å². The van der Waals surface area contributed by atoms with Crippen molar-refractivity contribution in [3.8, 4) is 5.75 Å². The molecule has 148 valence electrons. The number of furan rings is 1. The first-order valence-electron chi connectivity index (χ1n) is 9.72. The molecule has 1 aliphatic heterocycles. The molecule has 4 rings (SSSR count). The van der Waals surface area contributed by atoms with Gasteiger partial charge in [-0.25, -0.2) is 5.01 Å². The molecule has 0 spiro atoms. The van der Waals surface area contributed by atoms with E-state index in [1.807, 2.05) is 75.4 Å². The van der Waals surface area contributed by atoms with Gasteiger partial charge < -0.3 is 9.15 Å². The zero-order valence-corrected chi connectivity index (χ0v) is 16.9. The molecule has 0 aliphatic carbocycles. The third-order valence-electron chi connectivity index (χ3n) is 5.33. The van der Waals surface area contributed by atoms with E-state index in [9.17, 15) is 4.79 Å². The molecule has 0 saturated carbocycles. The van der Waals surface area contributed by atoms with E-state index in [0.717, 1.165) is 33.9 Å². The van der Waals surface area contributed by atoms with Crippen molar-refractivity contribution in [2.24, 2.45) is 5.10 Å². The Morgan fingerprint density at radius 2 is 1.90 bits per heavy atom. The van der Waals surface area contributed by atoms with E-state index in [0.29, 0.717) is 6.42 Å². The zero-order valence-electron chi connectivity index (χ0n) is 16.9. The molecule has 1 atom stereocenters. The largest absolute Gasteiger partial charge is 0.483 e. The molecule has 1 aromatic heterocycles. The van der Waals surface area contributed by atoms with Gasteiger partial charge in [0.15, 0.2) is 6.61 Å². The van der Waals surface area contributed by atoms with Crippen LogP contribution in [0.25, 0.3) is 0 Å². The molecule has 5 nitrogen and oxygen atoms in total. The standard InChI is InChI=1S/C24H24N2O3/c1-16-9-11-19(12-10-16)20-14-21(23-8-5-13-28-23)26(25-20)24(27)15-29-22-7-4-6-17(2)18(22)3/h4-13,21H,14-15H2,1-3H3/t21-/m1/s1. The van der Waals surface area contributed by atoms with Crippen LogP contribution in [0.4, 0.5) is 0 Å². The molecular formula is C24H24N2O3. The van der Waals surface area contributed by atoms with Crippen LogP contribution in [-0.4, -0.2) is 23.2 Å². The van der Waals surface area contributed by atoms with Gasteiger partial charge in [0.2, 0.25) is 0 Å². The lowest BCUT2D eigenvalue weighted by molar-refractivity contribution is -0.135. The Morgan fingerprint density at radius 3 is 2.62 bits per heavy atom. The summed E-state index contributed by atoms with van der Waals surface area (Å²) in [5, 5.41) is 6.14. The van der Waals surface area contributed by atoms with Crippen LogP contribution in [0.2, 0.25) is 0 Å². The highest BCUT2D eigenvalue weighted by Gasteiger charge is 2.35. The van der Waals surface area contributed by atoms with Gasteiger partial charge in [0.25, 0.3) is 5.91 Å². The van der Waals surface area contributed by atoms with E-state index in [4.69, 9.17) is 9.15 Å². The highest BCUT2D eigenvalue weighted by molar-refractivity contribution is 6.03. The third kappa shape index (κ3) is 3.94. The minimum atomic E-state index is -0.268. The van der Waals surface area contributed by atoms with Crippen molar-refractivity contribution in [3.63, 3.8) is 0 Å². The van der Waals surface area contributed by atoms with Crippen LogP contribution in [0.5, 0.6) is 5.75 Å². The van der Waals surface area contributed by atoms with Crippen molar-refractivity contribution in [3.05, 3.63) is 88.9 Å². The molecule has 5 heteroatoms. The number of ether oxygens (including phenoxy) is 1. The quantitative estimate of drug-likeness (QED) is 0.621. The van der Waals surface area contributed by atoms with E-state index in [2.05, 4.69) is 5.10 Å². The van der Waals surface area contributed by atoms with E-state index < -0.39 is 0 Å². The van der Waals surface area contributed by atoms with Crippen LogP contribution in [0, 0.1) is 20.8 Å². The number of benzene rings is 2. The van der Waals surface area contributed by atoms with Gasteiger partial charge in [-0.2, -0.15) is 5.10 Å². The van der Waals surface area contributed by atoms with Gasteiger partial charge in [-0.05, 0) is 55.7 Å². The number of hydrogen-bond acceptors (Lipinski definition) is 4. The average molecular weight is 388 g/mol. The molecule has 0 radical (unpaired) electrons. The van der Waals surface area contributed by atoms with E-state index >= 15 is 0 Å². The van der Waals surface area contributed by atoms with Gasteiger partial charge in [0.1, 0.15) is 17.6 Å². The fourth-order valence-electron chi connectivity index (χ4n) is 3.45. The zero-order chi connectivity index (χ0) is 20.4. The molecule has 2 heterocycles. The van der Waals surface area contributed by atoms with Gasteiger partial charge in [-0.15, -0.1) is 0 Å². The van der Waals surface area contributed by atoms with Crippen molar-refractivity contribution in [2.45, 2.75) is 33.2 Å². The minimum Gasteiger partial charge on any atom is -0.483 e. The summed E-state index contributed by atoms with van der Waals surface area (Å²) in [6, 6.07) is 17.4. The van der Waals surface area contributed by atoms with Crippen molar-refractivity contribution < 1.29 is 13.9 Å². The molecular weight excluding hydrogens is 364 g/mol. The number of aryl methyl sites for hydroxylation is 2. The molecule has 0 fully saturated rings. The van der Waals surface area contributed by atoms with Crippen LogP contribution >= 0.6 is 0 Å². The van der Waals surface area contributed by atoms with Crippen molar-refractivity contribution in [1.82, 2.24) is 5.01 Å². The first-order chi connectivity index (χ1) is 14.0. The Morgan fingerprint density at radius 1 is 1.10 bits per heavy atom. The molecule has 1 amide bonds. The molecule has 0 N–H and O–H groups in total. The maximum Gasteiger partial charge on any atom is 0.281 e. The lowest BCUT2D eigenvalue weighted by atomic mass is 10.0. The molecule has 2 aromatic carbocycles. The fourth-order valence-corrected chi connectivity index (χ4v) is 3.45. The summed E-state index contributed by atoms with van der Waals surface area (Å²) in [6.07, 6.45) is 2.22. The number of carbonyl (C=O) groups excluding carboxylic acids is 1. The first-order valence-corrected chi connectivity index (χ1v) is 9.72. The topological polar surface area (TPSA) is 55.0 Å². The number of hydrazone groups is 1. The summed E-state index contributed by atoms with van der Waals surface area (Å²) in [7, 11) is 0. The highest BCUT2D eigenvalue weighted by atomic mass is 16.5. The predicted molar refractivity (Wildman–Crippen MR) is 112 cm³/mol. The predicted octanol–water partition coefficient (Wildman–Crippen LogP) is 4.96. The molecule has 1 aliphatic rings. The minimum absolute atomic E-state index is 0.0772. The lowest BCUT2D eigenvalue weighted by Crippen LogP contribution is -2.31. The van der Waals surface area contributed by atoms with Crippen LogP contribution in [0.3, 0.4) is 0 Å². The average Bonchev–Trinajstić information content (AvgIpc) is 3.39. The Hall–Kier alpha value is -3.34.